The molecule has 1 aromatic heterocycles. The van der Waals surface area contributed by atoms with Gasteiger partial charge in [-0.05, 0) is 55.7 Å². The summed E-state index contributed by atoms with van der Waals surface area (Å²) >= 11 is 0. The first-order chi connectivity index (χ1) is 12.0. The molecule has 5 heteroatoms. The van der Waals surface area contributed by atoms with Crippen LogP contribution in [0.3, 0.4) is 0 Å². The smallest absolute Gasteiger partial charge is 0.269 e. The maximum absolute atomic E-state index is 12.4. The predicted octanol–water partition coefficient (Wildman–Crippen LogP) is 3.87. The molecule has 0 saturated carbocycles. The maximum Gasteiger partial charge on any atom is 0.269 e. The Labute approximate surface area is 148 Å². The molecule has 2 aromatic rings. The normalized spacial score (nSPS) is 10.4. The van der Waals surface area contributed by atoms with Gasteiger partial charge in [0.2, 0.25) is 0 Å². The second-order valence-electron chi connectivity index (χ2n) is 6.15. The fourth-order valence-corrected chi connectivity index (χ4v) is 2.39. The van der Waals surface area contributed by atoms with Gasteiger partial charge in [0.05, 0.1) is 0 Å². The third-order valence-corrected chi connectivity index (χ3v) is 4.09. The van der Waals surface area contributed by atoms with E-state index in [-0.39, 0.29) is 17.5 Å². The van der Waals surface area contributed by atoms with Gasteiger partial charge in [0.15, 0.2) is 0 Å². The Balaban J connectivity index is 2.03. The number of pyridine rings is 1. The molecular formula is C20H25N3O2. The fourth-order valence-electron chi connectivity index (χ4n) is 2.39. The summed E-state index contributed by atoms with van der Waals surface area (Å²) in [6, 6.07) is 8.88. The van der Waals surface area contributed by atoms with Crippen molar-refractivity contribution in [2.75, 3.05) is 11.9 Å². The Morgan fingerprint density at radius 1 is 1.00 bits per heavy atom. The third-order valence-electron chi connectivity index (χ3n) is 4.09. The first-order valence-corrected chi connectivity index (χ1v) is 8.64. The summed E-state index contributed by atoms with van der Waals surface area (Å²) in [5.74, 6) is -0.511. The molecule has 0 radical (unpaired) electrons. The molecule has 0 aliphatic rings. The molecule has 0 saturated heterocycles. The Bertz CT molecular complexity index is 756. The number of unbranched alkanes of at least 4 members (excludes halogenated alkanes) is 2. The lowest BCUT2D eigenvalue weighted by molar-refractivity contribution is 0.0948. The highest BCUT2D eigenvalue weighted by molar-refractivity contribution is 6.05. The number of carbonyl (C=O) groups is 2. The van der Waals surface area contributed by atoms with E-state index < -0.39 is 0 Å². The molecule has 0 unspecified atom stereocenters. The predicted molar refractivity (Wildman–Crippen MR) is 100.0 cm³/mol. The summed E-state index contributed by atoms with van der Waals surface area (Å²) in [5.41, 5.74) is 3.68. The van der Waals surface area contributed by atoms with E-state index >= 15 is 0 Å². The van der Waals surface area contributed by atoms with Crippen LogP contribution in [0.25, 0.3) is 0 Å². The number of aromatic nitrogens is 1. The number of rotatable bonds is 7. The van der Waals surface area contributed by atoms with Crippen LogP contribution in [0.1, 0.15) is 58.2 Å². The second-order valence-corrected chi connectivity index (χ2v) is 6.15. The van der Waals surface area contributed by atoms with Gasteiger partial charge in [0.25, 0.3) is 11.8 Å². The van der Waals surface area contributed by atoms with Gasteiger partial charge in [0.1, 0.15) is 5.69 Å². The number of aryl methyl sites for hydroxylation is 2. The number of carbonyl (C=O) groups excluding carboxylic acids is 2. The van der Waals surface area contributed by atoms with Crippen molar-refractivity contribution in [3.63, 3.8) is 0 Å². The van der Waals surface area contributed by atoms with Crippen molar-refractivity contribution in [1.29, 1.82) is 0 Å². The zero-order chi connectivity index (χ0) is 18.2. The molecule has 5 nitrogen and oxygen atoms in total. The van der Waals surface area contributed by atoms with Gasteiger partial charge in [-0.3, -0.25) is 14.6 Å². The number of amides is 2. The monoisotopic (exact) mass is 339 g/mol. The molecule has 1 aromatic carbocycles. The first kappa shape index (κ1) is 18.6. The molecule has 2 N–H and O–H groups in total. The molecule has 2 rings (SSSR count). The van der Waals surface area contributed by atoms with Crippen molar-refractivity contribution < 1.29 is 9.59 Å². The lowest BCUT2D eigenvalue weighted by Crippen LogP contribution is -2.25. The SMILES string of the molecule is CCCCCNC(=O)c1cc(C(=O)Nc2ccc(C)c(C)c2)ccn1. The Kier molecular flexibility index (Phi) is 6.69. The molecule has 2 amide bonds. The average Bonchev–Trinajstić information content (AvgIpc) is 2.62. The molecule has 0 spiro atoms. The van der Waals surface area contributed by atoms with Crippen LogP contribution in [-0.2, 0) is 0 Å². The van der Waals surface area contributed by atoms with E-state index in [4.69, 9.17) is 0 Å². The van der Waals surface area contributed by atoms with Gasteiger partial charge < -0.3 is 10.6 Å². The molecule has 0 aliphatic heterocycles. The molecule has 0 aliphatic carbocycles. The Hall–Kier alpha value is -2.69. The van der Waals surface area contributed by atoms with Gasteiger partial charge in [-0.25, -0.2) is 0 Å². The van der Waals surface area contributed by atoms with Gasteiger partial charge in [-0.1, -0.05) is 25.8 Å². The van der Waals surface area contributed by atoms with Crippen molar-refractivity contribution in [2.24, 2.45) is 0 Å². The van der Waals surface area contributed by atoms with Crippen LogP contribution in [0, 0.1) is 13.8 Å². The van der Waals surface area contributed by atoms with E-state index in [1.165, 1.54) is 17.8 Å². The third kappa shape index (κ3) is 5.41. The molecular weight excluding hydrogens is 314 g/mol. The van der Waals surface area contributed by atoms with Gasteiger partial charge >= 0.3 is 0 Å². The summed E-state index contributed by atoms with van der Waals surface area (Å²) in [4.78, 5) is 28.6. The van der Waals surface area contributed by atoms with Crippen LogP contribution in [0.5, 0.6) is 0 Å². The van der Waals surface area contributed by atoms with Crippen molar-refractivity contribution in [3.05, 3.63) is 58.9 Å². The summed E-state index contributed by atoms with van der Waals surface area (Å²) in [5, 5.41) is 5.68. The minimum atomic E-state index is -0.259. The van der Waals surface area contributed by atoms with E-state index in [0.29, 0.717) is 12.1 Å². The standard InChI is InChI=1S/C20H25N3O2/c1-4-5-6-10-22-20(25)18-13-16(9-11-21-18)19(24)23-17-8-7-14(2)15(3)12-17/h7-9,11-13H,4-6,10H2,1-3H3,(H,22,25)(H,23,24). The second kappa shape index (κ2) is 8.97. The van der Waals surface area contributed by atoms with Crippen molar-refractivity contribution in [1.82, 2.24) is 10.3 Å². The summed E-state index contributed by atoms with van der Waals surface area (Å²) < 4.78 is 0. The highest BCUT2D eigenvalue weighted by Crippen LogP contribution is 2.15. The molecule has 25 heavy (non-hydrogen) atoms. The highest BCUT2D eigenvalue weighted by atomic mass is 16.2. The number of benzene rings is 1. The van der Waals surface area contributed by atoms with Crippen LogP contribution in [0.4, 0.5) is 5.69 Å². The minimum Gasteiger partial charge on any atom is -0.351 e. The van der Waals surface area contributed by atoms with Crippen molar-refractivity contribution >= 4 is 17.5 Å². The summed E-state index contributed by atoms with van der Waals surface area (Å²) in [6.07, 6.45) is 4.60. The summed E-state index contributed by atoms with van der Waals surface area (Å²) in [7, 11) is 0. The van der Waals surface area contributed by atoms with Crippen LogP contribution >= 0.6 is 0 Å². The number of nitrogens with zero attached hydrogens (tertiary/aromatic N) is 1. The molecule has 0 fully saturated rings. The average molecular weight is 339 g/mol. The van der Waals surface area contributed by atoms with E-state index in [1.54, 1.807) is 6.07 Å². The topological polar surface area (TPSA) is 71.1 Å². The number of hydrogen-bond donors (Lipinski definition) is 2. The van der Waals surface area contributed by atoms with E-state index in [2.05, 4.69) is 22.5 Å². The number of anilines is 1. The lowest BCUT2D eigenvalue weighted by Gasteiger charge is -2.09. The van der Waals surface area contributed by atoms with E-state index in [9.17, 15) is 9.59 Å². The van der Waals surface area contributed by atoms with E-state index in [1.807, 2.05) is 32.0 Å². The van der Waals surface area contributed by atoms with Gasteiger partial charge in [-0.15, -0.1) is 0 Å². The zero-order valence-electron chi connectivity index (χ0n) is 15.1. The fraction of sp³-hybridized carbons (Fsp3) is 0.350. The molecule has 1 heterocycles. The van der Waals surface area contributed by atoms with Crippen LogP contribution in [0.15, 0.2) is 36.5 Å². The van der Waals surface area contributed by atoms with Gasteiger partial charge in [0, 0.05) is 24.0 Å². The summed E-state index contributed by atoms with van der Waals surface area (Å²) in [6.45, 7) is 6.75. The largest absolute Gasteiger partial charge is 0.351 e. The molecule has 0 atom stereocenters. The Morgan fingerprint density at radius 3 is 2.52 bits per heavy atom. The van der Waals surface area contributed by atoms with Crippen molar-refractivity contribution in [2.45, 2.75) is 40.0 Å². The van der Waals surface area contributed by atoms with E-state index in [0.717, 1.165) is 30.5 Å². The van der Waals surface area contributed by atoms with Crippen LogP contribution in [0.2, 0.25) is 0 Å². The maximum atomic E-state index is 12.4. The first-order valence-electron chi connectivity index (χ1n) is 8.64. The minimum absolute atomic E-state index is 0.253. The zero-order valence-corrected chi connectivity index (χ0v) is 15.1. The highest BCUT2D eigenvalue weighted by Gasteiger charge is 2.12. The number of nitrogens with one attached hydrogen (secondary N) is 2. The lowest BCUT2D eigenvalue weighted by atomic mass is 10.1. The van der Waals surface area contributed by atoms with Crippen LogP contribution < -0.4 is 10.6 Å². The molecule has 132 valence electrons. The van der Waals surface area contributed by atoms with Gasteiger partial charge in [-0.2, -0.15) is 0 Å². The number of hydrogen-bond acceptors (Lipinski definition) is 3. The Morgan fingerprint density at radius 2 is 1.80 bits per heavy atom. The quantitative estimate of drug-likeness (QED) is 0.752. The van der Waals surface area contributed by atoms with Crippen molar-refractivity contribution in [3.8, 4) is 0 Å². The van der Waals surface area contributed by atoms with Crippen LogP contribution in [-0.4, -0.2) is 23.3 Å². The molecule has 0 bridgehead atoms.